The minimum atomic E-state index is 0.394. The van der Waals surface area contributed by atoms with E-state index in [2.05, 4.69) is 59.6 Å². The van der Waals surface area contributed by atoms with Gasteiger partial charge in [-0.2, -0.15) is 0 Å². The van der Waals surface area contributed by atoms with Crippen molar-refractivity contribution in [3.63, 3.8) is 0 Å². The predicted octanol–water partition coefficient (Wildman–Crippen LogP) is 3.89. The van der Waals surface area contributed by atoms with Gasteiger partial charge in [-0.3, -0.25) is 0 Å². The Morgan fingerprint density at radius 1 is 0.875 bits per heavy atom. The topological polar surface area (TPSA) is 15.8 Å². The first-order chi connectivity index (χ1) is 7.95. The molecule has 1 aliphatic rings. The lowest BCUT2D eigenvalue weighted by atomic mass is 9.98. The maximum Gasteiger partial charge on any atom is 0.0362 e. The normalized spacial score (nSPS) is 14.8. The van der Waals surface area contributed by atoms with E-state index < -0.39 is 0 Å². The molecule has 3 rings (SSSR count). The molecule has 0 unspecified atom stereocenters. The van der Waals surface area contributed by atoms with Crippen LogP contribution in [0.5, 0.6) is 0 Å². The summed E-state index contributed by atoms with van der Waals surface area (Å²) in [7, 11) is 0. The fourth-order valence-electron chi connectivity index (χ4n) is 2.15. The highest BCUT2D eigenvalue weighted by Gasteiger charge is 2.13. The van der Waals surface area contributed by atoms with E-state index in [1.165, 1.54) is 16.8 Å². The van der Waals surface area contributed by atoms with E-state index in [9.17, 15) is 0 Å². The molecule has 2 aromatic rings. The lowest BCUT2D eigenvalue weighted by Gasteiger charge is -2.07. The molecule has 1 heteroatoms. The Kier molecular flexibility index (Phi) is 2.22. The van der Waals surface area contributed by atoms with Crippen LogP contribution in [-0.2, 0) is 0 Å². The summed E-state index contributed by atoms with van der Waals surface area (Å²) in [6.45, 7) is 0. The van der Waals surface area contributed by atoms with E-state index in [1.54, 1.807) is 0 Å². The van der Waals surface area contributed by atoms with Gasteiger partial charge in [-0.05, 0) is 11.6 Å². The van der Waals surface area contributed by atoms with Gasteiger partial charge < -0.3 is 4.98 Å². The van der Waals surface area contributed by atoms with Gasteiger partial charge in [0.1, 0.15) is 0 Å². The van der Waals surface area contributed by atoms with Gasteiger partial charge in [0, 0.05) is 23.4 Å². The smallest absolute Gasteiger partial charge is 0.0362 e. The molecule has 0 amide bonds. The zero-order chi connectivity index (χ0) is 10.8. The lowest BCUT2D eigenvalue weighted by molar-refractivity contribution is 1.03. The van der Waals surface area contributed by atoms with Crippen molar-refractivity contribution in [2.45, 2.75) is 5.92 Å². The highest BCUT2D eigenvalue weighted by atomic mass is 14.7. The second-order valence-corrected chi connectivity index (χ2v) is 3.97. The van der Waals surface area contributed by atoms with E-state index >= 15 is 0 Å². The van der Waals surface area contributed by atoms with Crippen molar-refractivity contribution in [1.29, 1.82) is 0 Å². The third kappa shape index (κ3) is 1.50. The molecule has 78 valence electrons. The van der Waals surface area contributed by atoms with Gasteiger partial charge in [0.2, 0.25) is 0 Å². The first-order valence-corrected chi connectivity index (χ1v) is 5.53. The van der Waals surface area contributed by atoms with Gasteiger partial charge in [-0.15, -0.1) is 0 Å². The molecule has 0 spiro atoms. The van der Waals surface area contributed by atoms with E-state index in [-0.39, 0.29) is 0 Å². The van der Waals surface area contributed by atoms with Crippen LogP contribution in [0.15, 0.2) is 66.9 Å². The molecule has 1 aromatic heterocycles. The third-order valence-electron chi connectivity index (χ3n) is 2.95. The Balaban J connectivity index is 2.06. The fourth-order valence-corrected chi connectivity index (χ4v) is 2.15. The van der Waals surface area contributed by atoms with Gasteiger partial charge in [0.15, 0.2) is 0 Å². The van der Waals surface area contributed by atoms with Crippen molar-refractivity contribution < 1.29 is 0 Å². The number of benzene rings is 1. The largest absolute Gasteiger partial charge is 0.364 e. The van der Waals surface area contributed by atoms with Crippen LogP contribution in [0.25, 0.3) is 11.1 Å². The van der Waals surface area contributed by atoms with Crippen molar-refractivity contribution in [2.75, 3.05) is 0 Å². The summed E-state index contributed by atoms with van der Waals surface area (Å²) in [6.07, 6.45) is 10.6. The molecule has 1 heterocycles. The van der Waals surface area contributed by atoms with E-state index in [1.807, 2.05) is 12.3 Å². The van der Waals surface area contributed by atoms with Gasteiger partial charge in [-0.1, -0.05) is 54.6 Å². The van der Waals surface area contributed by atoms with Gasteiger partial charge in [-0.25, -0.2) is 0 Å². The monoisotopic (exact) mass is 207 g/mol. The quantitative estimate of drug-likeness (QED) is 0.769. The van der Waals surface area contributed by atoms with E-state index in [0.29, 0.717) is 5.92 Å². The summed E-state index contributed by atoms with van der Waals surface area (Å²) < 4.78 is 0. The summed E-state index contributed by atoms with van der Waals surface area (Å²) in [5, 5.41) is 0. The SMILES string of the molecule is C1=CC(c2[nH]ccc2-c2ccccc2)C=C1. The highest BCUT2D eigenvalue weighted by molar-refractivity contribution is 5.68. The number of aromatic nitrogens is 1. The molecule has 0 saturated heterocycles. The van der Waals surface area contributed by atoms with Crippen LogP contribution >= 0.6 is 0 Å². The molecule has 1 N–H and O–H groups in total. The van der Waals surface area contributed by atoms with Crippen molar-refractivity contribution in [3.8, 4) is 11.1 Å². The molecule has 0 aliphatic heterocycles. The molecule has 1 aliphatic carbocycles. The molecule has 1 aromatic carbocycles. The van der Waals surface area contributed by atoms with E-state index in [4.69, 9.17) is 0 Å². The number of nitrogens with one attached hydrogen (secondary N) is 1. The van der Waals surface area contributed by atoms with Crippen molar-refractivity contribution >= 4 is 0 Å². The molecule has 0 bridgehead atoms. The van der Waals surface area contributed by atoms with Gasteiger partial charge in [0.25, 0.3) is 0 Å². The summed E-state index contributed by atoms with van der Waals surface area (Å²) in [5.41, 5.74) is 3.84. The molecule has 0 atom stereocenters. The number of rotatable bonds is 2. The zero-order valence-electron chi connectivity index (χ0n) is 8.93. The third-order valence-corrected chi connectivity index (χ3v) is 2.95. The number of hydrogen-bond donors (Lipinski definition) is 1. The van der Waals surface area contributed by atoms with E-state index in [0.717, 1.165) is 0 Å². The summed E-state index contributed by atoms with van der Waals surface area (Å²) >= 11 is 0. The maximum atomic E-state index is 3.34. The Labute approximate surface area is 95.1 Å². The van der Waals surface area contributed by atoms with Crippen molar-refractivity contribution in [2.24, 2.45) is 0 Å². The highest BCUT2D eigenvalue weighted by Crippen LogP contribution is 2.31. The molecule has 0 fully saturated rings. The summed E-state index contributed by atoms with van der Waals surface area (Å²) in [5.74, 6) is 0.394. The zero-order valence-corrected chi connectivity index (χ0v) is 8.93. The van der Waals surface area contributed by atoms with Crippen LogP contribution in [0.1, 0.15) is 11.6 Å². The molecular weight excluding hydrogens is 194 g/mol. The van der Waals surface area contributed by atoms with Crippen LogP contribution in [0.2, 0.25) is 0 Å². The predicted molar refractivity (Wildman–Crippen MR) is 67.2 cm³/mol. The van der Waals surface area contributed by atoms with Crippen LogP contribution in [0, 0.1) is 0 Å². The van der Waals surface area contributed by atoms with Gasteiger partial charge >= 0.3 is 0 Å². The van der Waals surface area contributed by atoms with Crippen LogP contribution in [0.3, 0.4) is 0 Å². The second kappa shape index (κ2) is 3.86. The lowest BCUT2D eigenvalue weighted by Crippen LogP contribution is -1.91. The number of hydrogen-bond acceptors (Lipinski definition) is 0. The Morgan fingerprint density at radius 2 is 1.62 bits per heavy atom. The second-order valence-electron chi connectivity index (χ2n) is 3.97. The van der Waals surface area contributed by atoms with Gasteiger partial charge in [0.05, 0.1) is 0 Å². The average molecular weight is 207 g/mol. The van der Waals surface area contributed by atoms with Crippen LogP contribution < -0.4 is 0 Å². The Bertz CT molecular complexity index is 520. The average Bonchev–Trinajstić information content (AvgIpc) is 3.01. The Morgan fingerprint density at radius 3 is 2.38 bits per heavy atom. The number of H-pyrrole nitrogens is 1. The van der Waals surface area contributed by atoms with Crippen LogP contribution in [-0.4, -0.2) is 4.98 Å². The minimum absolute atomic E-state index is 0.394. The fraction of sp³-hybridized carbons (Fsp3) is 0.0667. The Hall–Kier alpha value is -2.02. The molecular formula is C15H13N. The van der Waals surface area contributed by atoms with Crippen molar-refractivity contribution in [3.05, 3.63) is 72.6 Å². The number of aromatic amines is 1. The molecule has 0 radical (unpaired) electrons. The number of allylic oxidation sites excluding steroid dienone is 4. The molecule has 0 saturated carbocycles. The molecule has 1 nitrogen and oxygen atoms in total. The first-order valence-electron chi connectivity index (χ1n) is 5.53. The summed E-state index contributed by atoms with van der Waals surface area (Å²) in [4.78, 5) is 3.34. The minimum Gasteiger partial charge on any atom is -0.364 e. The standard InChI is InChI=1S/C15H13N/c1-2-6-12(7-3-1)14-10-11-16-15(14)13-8-4-5-9-13/h1-11,13,16H. The molecule has 16 heavy (non-hydrogen) atoms. The summed E-state index contributed by atoms with van der Waals surface area (Å²) in [6, 6.07) is 12.6. The first kappa shape index (κ1) is 9.22. The van der Waals surface area contributed by atoms with Crippen molar-refractivity contribution in [1.82, 2.24) is 4.98 Å². The van der Waals surface area contributed by atoms with Crippen LogP contribution in [0.4, 0.5) is 0 Å². The maximum absolute atomic E-state index is 3.34.